The molecule has 3 N–H and O–H groups in total. The molecular weight excluding hydrogens is 452 g/mol. The van der Waals surface area contributed by atoms with Crippen molar-refractivity contribution < 1.29 is 37.4 Å². The summed E-state index contributed by atoms with van der Waals surface area (Å²) in [5, 5.41) is 2.37. The highest BCUT2D eigenvalue weighted by Crippen LogP contribution is 2.41. The predicted octanol–water partition coefficient (Wildman–Crippen LogP) is 2.13. The second-order valence-electron chi connectivity index (χ2n) is 7.90. The van der Waals surface area contributed by atoms with E-state index in [-0.39, 0.29) is 24.1 Å². The van der Waals surface area contributed by atoms with E-state index in [0.29, 0.717) is 0 Å². The Morgan fingerprint density at radius 1 is 1.06 bits per heavy atom. The van der Waals surface area contributed by atoms with Crippen LogP contribution in [0.15, 0.2) is 60.7 Å². The summed E-state index contributed by atoms with van der Waals surface area (Å²) in [4.78, 5) is 38.0. The number of alkyl halides is 2. The number of esters is 2. The van der Waals surface area contributed by atoms with E-state index in [0.717, 1.165) is 4.90 Å². The second-order valence-corrected chi connectivity index (χ2v) is 7.90. The van der Waals surface area contributed by atoms with Gasteiger partial charge in [-0.15, -0.1) is 0 Å². The zero-order chi connectivity index (χ0) is 24.3. The molecule has 2 fully saturated rings. The first kappa shape index (κ1) is 23.6. The van der Waals surface area contributed by atoms with Gasteiger partial charge in [0.1, 0.15) is 12.7 Å². The molecule has 4 rings (SSSR count). The lowest BCUT2D eigenvalue weighted by Gasteiger charge is -2.36. The van der Waals surface area contributed by atoms with Crippen molar-refractivity contribution in [2.24, 2.45) is 5.73 Å². The van der Waals surface area contributed by atoms with Gasteiger partial charge < -0.3 is 25.3 Å². The molecule has 2 aliphatic heterocycles. The van der Waals surface area contributed by atoms with Gasteiger partial charge in [-0.25, -0.2) is 14.4 Å². The Balaban J connectivity index is 1.55. The number of nitrogens with one attached hydrogen (secondary N) is 1. The van der Waals surface area contributed by atoms with Gasteiger partial charge in [-0.2, -0.15) is 8.78 Å². The molecule has 11 heteroatoms. The lowest BCUT2D eigenvalue weighted by atomic mass is 10.1. The monoisotopic (exact) mass is 475 g/mol. The van der Waals surface area contributed by atoms with E-state index in [9.17, 15) is 14.4 Å². The standard InChI is InChI=1S/C23H23F2N3O6/c24-23(25)18(34-20(30)15-9-5-2-6-10-15)16(13-32-19(29)14-7-3-1-4-8-14)33-21(23)28-12-11-17(26)27-22(28)31/h1-10,16-18,21H,11-13,26H2,(H,27,31)/t16-,17?,18-,21-/m1/s1. The van der Waals surface area contributed by atoms with Crippen molar-refractivity contribution in [1.82, 2.24) is 10.2 Å². The Morgan fingerprint density at radius 3 is 2.24 bits per heavy atom. The number of urea groups is 1. The van der Waals surface area contributed by atoms with Crippen molar-refractivity contribution in [2.75, 3.05) is 13.2 Å². The molecule has 4 atom stereocenters. The first-order valence-corrected chi connectivity index (χ1v) is 10.6. The van der Waals surface area contributed by atoms with Crippen molar-refractivity contribution in [3.05, 3.63) is 71.8 Å². The number of nitrogens with zero attached hydrogens (tertiary/aromatic N) is 1. The normalized spacial score (nSPS) is 26.0. The average molecular weight is 475 g/mol. The van der Waals surface area contributed by atoms with Crippen molar-refractivity contribution >= 4 is 18.0 Å². The lowest BCUT2D eigenvalue weighted by Crippen LogP contribution is -2.61. The van der Waals surface area contributed by atoms with E-state index in [4.69, 9.17) is 19.9 Å². The van der Waals surface area contributed by atoms with Crippen LogP contribution < -0.4 is 11.1 Å². The smallest absolute Gasteiger partial charge is 0.338 e. The van der Waals surface area contributed by atoms with E-state index in [1.807, 2.05) is 0 Å². The molecule has 0 bridgehead atoms. The molecule has 180 valence electrons. The van der Waals surface area contributed by atoms with Crippen molar-refractivity contribution in [1.29, 1.82) is 0 Å². The number of nitrogens with two attached hydrogens (primary N) is 1. The number of hydrogen-bond acceptors (Lipinski definition) is 7. The van der Waals surface area contributed by atoms with Crippen LogP contribution in [-0.2, 0) is 14.2 Å². The summed E-state index contributed by atoms with van der Waals surface area (Å²) < 4.78 is 46.8. The zero-order valence-corrected chi connectivity index (χ0v) is 17.9. The molecule has 2 aliphatic rings. The molecule has 0 aliphatic carbocycles. The summed E-state index contributed by atoms with van der Waals surface area (Å²) in [6, 6.07) is 14.7. The Labute approximate surface area is 193 Å². The molecule has 2 aromatic carbocycles. The fraction of sp³-hybridized carbons (Fsp3) is 0.348. The summed E-state index contributed by atoms with van der Waals surface area (Å²) in [7, 11) is 0. The number of benzene rings is 2. The fourth-order valence-corrected chi connectivity index (χ4v) is 3.77. The van der Waals surface area contributed by atoms with Gasteiger partial charge in [-0.3, -0.25) is 4.90 Å². The summed E-state index contributed by atoms with van der Waals surface area (Å²) >= 11 is 0. The molecule has 0 saturated carbocycles. The number of carbonyl (C=O) groups is 3. The third-order valence-electron chi connectivity index (χ3n) is 5.52. The molecule has 2 saturated heterocycles. The Bertz CT molecular complexity index is 1040. The molecule has 0 spiro atoms. The number of rotatable bonds is 6. The molecule has 2 heterocycles. The highest BCUT2D eigenvalue weighted by atomic mass is 19.3. The first-order valence-electron chi connectivity index (χ1n) is 10.6. The molecule has 9 nitrogen and oxygen atoms in total. The minimum absolute atomic E-state index is 0.0588. The molecule has 0 radical (unpaired) electrons. The van der Waals surface area contributed by atoms with Gasteiger partial charge in [0.05, 0.1) is 17.3 Å². The van der Waals surface area contributed by atoms with Gasteiger partial charge in [-0.05, 0) is 30.7 Å². The predicted molar refractivity (Wildman–Crippen MR) is 114 cm³/mol. The maximum atomic E-state index is 15.5. The van der Waals surface area contributed by atoms with E-state index < -0.39 is 55.1 Å². The maximum Gasteiger partial charge on any atom is 0.338 e. The summed E-state index contributed by atoms with van der Waals surface area (Å²) in [6.07, 6.45) is -6.15. The largest absolute Gasteiger partial charge is 0.459 e. The number of ether oxygens (including phenoxy) is 3. The Morgan fingerprint density at radius 2 is 1.65 bits per heavy atom. The van der Waals surface area contributed by atoms with E-state index in [1.54, 1.807) is 36.4 Å². The maximum absolute atomic E-state index is 15.5. The lowest BCUT2D eigenvalue weighted by molar-refractivity contribution is -0.158. The number of halogens is 2. The van der Waals surface area contributed by atoms with E-state index >= 15 is 8.78 Å². The van der Waals surface area contributed by atoms with Crippen LogP contribution in [0, 0.1) is 0 Å². The van der Waals surface area contributed by atoms with Crippen LogP contribution in [0.4, 0.5) is 13.6 Å². The number of amides is 2. The summed E-state index contributed by atoms with van der Waals surface area (Å²) in [5.74, 6) is -5.56. The topological polar surface area (TPSA) is 120 Å². The van der Waals surface area contributed by atoms with Crippen LogP contribution in [0.5, 0.6) is 0 Å². The zero-order valence-electron chi connectivity index (χ0n) is 17.9. The third-order valence-corrected chi connectivity index (χ3v) is 5.52. The van der Waals surface area contributed by atoms with E-state index in [2.05, 4.69) is 5.32 Å². The van der Waals surface area contributed by atoms with Gasteiger partial charge in [0.2, 0.25) is 6.23 Å². The molecular formula is C23H23F2N3O6. The van der Waals surface area contributed by atoms with Crippen LogP contribution in [0.25, 0.3) is 0 Å². The molecule has 34 heavy (non-hydrogen) atoms. The minimum Gasteiger partial charge on any atom is -0.459 e. The second kappa shape index (κ2) is 9.74. The fourth-order valence-electron chi connectivity index (χ4n) is 3.77. The third kappa shape index (κ3) is 4.85. The quantitative estimate of drug-likeness (QED) is 0.614. The molecule has 2 aromatic rings. The van der Waals surface area contributed by atoms with Crippen molar-refractivity contribution in [3.63, 3.8) is 0 Å². The summed E-state index contributed by atoms with van der Waals surface area (Å²) in [5.41, 5.74) is 5.93. The van der Waals surface area contributed by atoms with Gasteiger partial charge >= 0.3 is 23.9 Å². The van der Waals surface area contributed by atoms with Crippen molar-refractivity contribution in [2.45, 2.75) is 36.9 Å². The SMILES string of the molecule is NC1CCN([C@@H]2O[C@H](COC(=O)c3ccccc3)[C@@H](OC(=O)c3ccccc3)C2(F)F)C(=O)N1. The number of carbonyl (C=O) groups excluding carboxylic acids is 3. The Hall–Kier alpha value is -3.57. The molecule has 1 unspecified atom stereocenters. The van der Waals surface area contributed by atoms with Crippen LogP contribution in [0.3, 0.4) is 0 Å². The van der Waals surface area contributed by atoms with E-state index in [1.165, 1.54) is 24.3 Å². The Kier molecular flexibility index (Phi) is 6.75. The van der Waals surface area contributed by atoms with Crippen LogP contribution in [0.2, 0.25) is 0 Å². The van der Waals surface area contributed by atoms with Gasteiger partial charge in [0.25, 0.3) is 0 Å². The minimum atomic E-state index is -3.80. The van der Waals surface area contributed by atoms with Gasteiger partial charge in [0.15, 0.2) is 6.10 Å². The number of hydrogen-bond donors (Lipinski definition) is 2. The molecule has 2 amide bonds. The molecule has 0 aromatic heterocycles. The van der Waals surface area contributed by atoms with Gasteiger partial charge in [0, 0.05) is 6.54 Å². The van der Waals surface area contributed by atoms with Gasteiger partial charge in [-0.1, -0.05) is 36.4 Å². The summed E-state index contributed by atoms with van der Waals surface area (Å²) in [6.45, 7) is -0.718. The average Bonchev–Trinajstić information content (AvgIpc) is 3.08. The van der Waals surface area contributed by atoms with Crippen LogP contribution in [0.1, 0.15) is 27.1 Å². The highest BCUT2D eigenvalue weighted by Gasteiger charge is 2.64. The van der Waals surface area contributed by atoms with Crippen LogP contribution >= 0.6 is 0 Å². The van der Waals surface area contributed by atoms with Crippen molar-refractivity contribution in [3.8, 4) is 0 Å². The van der Waals surface area contributed by atoms with Crippen LogP contribution in [-0.4, -0.2) is 66.5 Å². The highest BCUT2D eigenvalue weighted by molar-refractivity contribution is 5.90. The first-order chi connectivity index (χ1) is 16.3.